The Balaban J connectivity index is 1.85. The van der Waals surface area contributed by atoms with Crippen molar-refractivity contribution < 1.29 is 5.11 Å². The van der Waals surface area contributed by atoms with E-state index in [2.05, 4.69) is 17.0 Å². The average Bonchev–Trinajstić information content (AvgIpc) is 2.38. The second-order valence-corrected chi connectivity index (χ2v) is 5.70. The van der Waals surface area contributed by atoms with Gasteiger partial charge in [0.2, 0.25) is 0 Å². The van der Waals surface area contributed by atoms with Crippen LogP contribution in [0.3, 0.4) is 0 Å². The molecule has 2 aliphatic rings. The van der Waals surface area contributed by atoms with Crippen molar-refractivity contribution in [3.05, 3.63) is 29.8 Å². The lowest BCUT2D eigenvalue weighted by Crippen LogP contribution is -2.55. The molecule has 98 valence electrons. The first-order chi connectivity index (χ1) is 8.78. The van der Waals surface area contributed by atoms with E-state index in [1.54, 1.807) is 0 Å². The van der Waals surface area contributed by atoms with Crippen molar-refractivity contribution in [2.24, 2.45) is 5.73 Å². The number of piperidine rings is 2. The maximum absolute atomic E-state index is 9.10. The number of hydrogen-bond donors (Lipinski definition) is 2. The highest BCUT2D eigenvalue weighted by Crippen LogP contribution is 2.37. The molecule has 3 heteroatoms. The summed E-state index contributed by atoms with van der Waals surface area (Å²) in [5.74, 6) is 0. The third-order valence-electron chi connectivity index (χ3n) is 4.43. The van der Waals surface area contributed by atoms with E-state index in [4.69, 9.17) is 10.8 Å². The highest BCUT2D eigenvalue weighted by molar-refractivity contribution is 5.50. The Hall–Kier alpha value is -1.06. The largest absolute Gasteiger partial charge is 0.392 e. The Labute approximate surface area is 109 Å². The van der Waals surface area contributed by atoms with E-state index in [1.165, 1.54) is 24.9 Å². The summed E-state index contributed by atoms with van der Waals surface area (Å²) >= 11 is 0. The molecule has 1 aromatic carbocycles. The zero-order chi connectivity index (χ0) is 12.5. The van der Waals surface area contributed by atoms with Crippen LogP contribution in [0.1, 0.15) is 37.7 Å². The van der Waals surface area contributed by atoms with Gasteiger partial charge < -0.3 is 15.7 Å². The number of benzene rings is 1. The van der Waals surface area contributed by atoms with Crippen LogP contribution < -0.4 is 10.6 Å². The summed E-state index contributed by atoms with van der Waals surface area (Å²) in [5.41, 5.74) is 8.43. The summed E-state index contributed by atoms with van der Waals surface area (Å²) < 4.78 is 0. The summed E-state index contributed by atoms with van der Waals surface area (Å²) in [6.45, 7) is 0.123. The molecule has 2 saturated heterocycles. The van der Waals surface area contributed by atoms with Gasteiger partial charge in [-0.05, 0) is 49.8 Å². The van der Waals surface area contributed by atoms with Gasteiger partial charge in [0.05, 0.1) is 6.61 Å². The van der Waals surface area contributed by atoms with E-state index in [9.17, 15) is 0 Å². The molecule has 3 nitrogen and oxygen atoms in total. The van der Waals surface area contributed by atoms with Crippen molar-refractivity contribution in [3.63, 3.8) is 0 Å². The summed E-state index contributed by atoms with van der Waals surface area (Å²) in [6, 6.07) is 9.97. The zero-order valence-corrected chi connectivity index (χ0v) is 10.8. The van der Waals surface area contributed by atoms with Gasteiger partial charge >= 0.3 is 0 Å². The van der Waals surface area contributed by atoms with E-state index >= 15 is 0 Å². The Morgan fingerprint density at radius 2 is 1.72 bits per heavy atom. The fourth-order valence-corrected chi connectivity index (χ4v) is 3.62. The van der Waals surface area contributed by atoms with Crippen LogP contribution in [-0.4, -0.2) is 23.2 Å². The van der Waals surface area contributed by atoms with E-state index in [0.29, 0.717) is 18.1 Å². The van der Waals surface area contributed by atoms with E-state index in [0.717, 1.165) is 18.4 Å². The predicted molar refractivity (Wildman–Crippen MR) is 73.5 cm³/mol. The van der Waals surface area contributed by atoms with Crippen molar-refractivity contribution in [2.45, 2.75) is 56.8 Å². The summed E-state index contributed by atoms with van der Waals surface area (Å²) in [4.78, 5) is 2.58. The lowest BCUT2D eigenvalue weighted by molar-refractivity contribution is 0.271. The molecule has 1 aromatic rings. The van der Waals surface area contributed by atoms with Gasteiger partial charge in [0.15, 0.2) is 0 Å². The van der Waals surface area contributed by atoms with Gasteiger partial charge in [-0.15, -0.1) is 0 Å². The van der Waals surface area contributed by atoms with Crippen LogP contribution in [0.4, 0.5) is 5.69 Å². The zero-order valence-electron chi connectivity index (χ0n) is 10.8. The van der Waals surface area contributed by atoms with Crippen LogP contribution >= 0.6 is 0 Å². The maximum atomic E-state index is 9.10. The lowest BCUT2D eigenvalue weighted by atomic mass is 9.81. The molecular formula is C15H22N2O. The molecule has 0 aliphatic carbocycles. The van der Waals surface area contributed by atoms with Crippen LogP contribution in [0, 0.1) is 0 Å². The fourth-order valence-electron chi connectivity index (χ4n) is 3.62. The Morgan fingerprint density at radius 1 is 1.11 bits per heavy atom. The standard InChI is InChI=1S/C15H22N2O/c16-12-8-14-2-1-3-15(9-12)17(14)13-6-4-11(10-18)5-7-13/h4-7,12,14-15,18H,1-3,8-10,16H2. The second-order valence-electron chi connectivity index (χ2n) is 5.70. The molecular weight excluding hydrogens is 224 g/mol. The van der Waals surface area contributed by atoms with Gasteiger partial charge in [-0.3, -0.25) is 0 Å². The monoisotopic (exact) mass is 246 g/mol. The molecule has 2 aliphatic heterocycles. The second kappa shape index (κ2) is 4.90. The van der Waals surface area contributed by atoms with Crippen LogP contribution in [0.25, 0.3) is 0 Å². The molecule has 0 amide bonds. The fraction of sp³-hybridized carbons (Fsp3) is 0.600. The van der Waals surface area contributed by atoms with Crippen LogP contribution in [0.15, 0.2) is 24.3 Å². The molecule has 2 atom stereocenters. The minimum absolute atomic E-state index is 0.123. The van der Waals surface area contributed by atoms with Crippen LogP contribution in [0.2, 0.25) is 0 Å². The first-order valence-electron chi connectivity index (χ1n) is 7.01. The van der Waals surface area contributed by atoms with Gasteiger partial charge in [-0.2, -0.15) is 0 Å². The molecule has 0 saturated carbocycles. The first kappa shape index (κ1) is 12.0. The normalized spacial score (nSPS) is 31.4. The third-order valence-corrected chi connectivity index (χ3v) is 4.43. The number of fused-ring (bicyclic) bond motifs is 2. The highest BCUT2D eigenvalue weighted by atomic mass is 16.3. The SMILES string of the molecule is NC1CC2CCCC(C1)N2c1ccc(CO)cc1. The predicted octanol–water partition coefficient (Wildman–Crippen LogP) is 2.03. The molecule has 3 N–H and O–H groups in total. The van der Waals surface area contributed by atoms with Gasteiger partial charge in [0.25, 0.3) is 0 Å². The Kier molecular flexibility index (Phi) is 3.27. The van der Waals surface area contributed by atoms with Crippen molar-refractivity contribution in [1.82, 2.24) is 0 Å². The Morgan fingerprint density at radius 3 is 2.28 bits per heavy atom. The van der Waals surface area contributed by atoms with E-state index < -0.39 is 0 Å². The number of hydrogen-bond acceptors (Lipinski definition) is 3. The first-order valence-corrected chi connectivity index (χ1v) is 7.01. The van der Waals surface area contributed by atoms with Crippen molar-refractivity contribution in [2.75, 3.05) is 4.90 Å². The lowest BCUT2D eigenvalue weighted by Gasteiger charge is -2.49. The minimum Gasteiger partial charge on any atom is -0.392 e. The topological polar surface area (TPSA) is 49.5 Å². The number of aliphatic hydroxyl groups is 1. The summed E-state index contributed by atoms with van der Waals surface area (Å²) in [7, 11) is 0. The van der Waals surface area contributed by atoms with Crippen LogP contribution in [0.5, 0.6) is 0 Å². The molecule has 2 unspecified atom stereocenters. The highest BCUT2D eigenvalue weighted by Gasteiger charge is 2.36. The third kappa shape index (κ3) is 2.13. The van der Waals surface area contributed by atoms with Crippen LogP contribution in [-0.2, 0) is 6.61 Å². The smallest absolute Gasteiger partial charge is 0.0681 e. The quantitative estimate of drug-likeness (QED) is 0.839. The van der Waals surface area contributed by atoms with Gasteiger partial charge in [0, 0.05) is 23.8 Å². The molecule has 18 heavy (non-hydrogen) atoms. The van der Waals surface area contributed by atoms with Crippen molar-refractivity contribution >= 4 is 5.69 Å². The van der Waals surface area contributed by atoms with E-state index in [1.807, 2.05) is 12.1 Å². The van der Waals surface area contributed by atoms with E-state index in [-0.39, 0.29) is 6.61 Å². The summed E-state index contributed by atoms with van der Waals surface area (Å²) in [5, 5.41) is 9.10. The van der Waals surface area contributed by atoms with Gasteiger partial charge in [-0.25, -0.2) is 0 Å². The number of aliphatic hydroxyl groups excluding tert-OH is 1. The Bertz CT molecular complexity index is 389. The number of nitrogens with two attached hydrogens (primary N) is 1. The average molecular weight is 246 g/mol. The molecule has 2 heterocycles. The van der Waals surface area contributed by atoms with Crippen molar-refractivity contribution in [3.8, 4) is 0 Å². The maximum Gasteiger partial charge on any atom is 0.0681 e. The molecule has 0 radical (unpaired) electrons. The molecule has 0 aromatic heterocycles. The number of nitrogens with zero attached hydrogens (tertiary/aromatic N) is 1. The van der Waals surface area contributed by atoms with Gasteiger partial charge in [0.1, 0.15) is 0 Å². The van der Waals surface area contributed by atoms with Gasteiger partial charge in [-0.1, -0.05) is 12.1 Å². The van der Waals surface area contributed by atoms with Crippen molar-refractivity contribution in [1.29, 1.82) is 0 Å². The molecule has 0 spiro atoms. The molecule has 2 fully saturated rings. The molecule has 3 rings (SSSR count). The molecule has 2 bridgehead atoms. The summed E-state index contributed by atoms with van der Waals surface area (Å²) in [6.07, 6.45) is 6.13. The number of anilines is 1. The number of rotatable bonds is 2. The minimum atomic E-state index is 0.123.